The van der Waals surface area contributed by atoms with E-state index < -0.39 is 23.8 Å². The van der Waals surface area contributed by atoms with Crippen molar-refractivity contribution in [2.75, 3.05) is 26.2 Å². The molecule has 0 spiro atoms. The van der Waals surface area contributed by atoms with Gasteiger partial charge in [0.25, 0.3) is 0 Å². The van der Waals surface area contributed by atoms with Crippen molar-refractivity contribution in [3.05, 3.63) is 71.8 Å². The molecule has 46 heavy (non-hydrogen) atoms. The number of benzene rings is 2. The van der Waals surface area contributed by atoms with E-state index in [9.17, 15) is 29.4 Å². The number of likely N-dealkylation sites (tertiary alicyclic amines) is 2. The van der Waals surface area contributed by atoms with E-state index in [4.69, 9.17) is 0 Å². The van der Waals surface area contributed by atoms with Gasteiger partial charge >= 0.3 is 11.9 Å². The lowest BCUT2D eigenvalue weighted by atomic mass is 9.82. The Morgan fingerprint density at radius 3 is 1.13 bits per heavy atom. The zero-order chi connectivity index (χ0) is 32.5. The second kappa shape index (κ2) is 16.2. The number of carbonyl (C=O) groups excluding carboxylic acids is 2. The van der Waals surface area contributed by atoms with Crippen molar-refractivity contribution in [3.63, 3.8) is 0 Å². The van der Waals surface area contributed by atoms with Gasteiger partial charge in [-0.05, 0) is 73.3 Å². The monoisotopic (exact) mass is 630 g/mol. The first kappa shape index (κ1) is 33.7. The van der Waals surface area contributed by atoms with Crippen LogP contribution in [0.5, 0.6) is 0 Å². The molecule has 2 aliphatic heterocycles. The number of carboxylic acids is 2. The normalized spacial score (nSPS) is 25.0. The molecule has 2 aromatic rings. The summed E-state index contributed by atoms with van der Waals surface area (Å²) in [5.41, 5.74) is 1.95. The lowest BCUT2D eigenvalue weighted by Crippen LogP contribution is -2.33. The molecule has 0 unspecified atom stereocenters. The summed E-state index contributed by atoms with van der Waals surface area (Å²) in [6.45, 7) is 3.34. The Balaban J connectivity index is 0.000000181. The molecule has 4 aliphatic rings. The average molecular weight is 631 g/mol. The number of rotatable bonds is 10. The highest BCUT2D eigenvalue weighted by atomic mass is 16.4. The van der Waals surface area contributed by atoms with Gasteiger partial charge in [0.15, 0.2) is 0 Å². The van der Waals surface area contributed by atoms with Gasteiger partial charge in [-0.3, -0.25) is 19.2 Å². The Morgan fingerprint density at radius 2 is 0.848 bits per heavy atom. The number of nitrogens with zero attached hydrogens (tertiary/aromatic N) is 2. The van der Waals surface area contributed by atoms with Crippen molar-refractivity contribution in [2.45, 2.75) is 77.0 Å². The zero-order valence-corrected chi connectivity index (χ0v) is 27.0. The average Bonchev–Trinajstić information content (AvgIpc) is 3.70. The predicted molar refractivity (Wildman–Crippen MR) is 176 cm³/mol. The third kappa shape index (κ3) is 9.20. The highest BCUT2D eigenvalue weighted by Crippen LogP contribution is 2.37. The van der Waals surface area contributed by atoms with Gasteiger partial charge < -0.3 is 20.0 Å². The van der Waals surface area contributed by atoms with Gasteiger partial charge in [0, 0.05) is 39.0 Å². The molecule has 2 N–H and O–H groups in total. The van der Waals surface area contributed by atoms with Gasteiger partial charge in [0.2, 0.25) is 11.8 Å². The van der Waals surface area contributed by atoms with Crippen molar-refractivity contribution in [2.24, 2.45) is 35.5 Å². The summed E-state index contributed by atoms with van der Waals surface area (Å²) >= 11 is 0. The lowest BCUT2D eigenvalue weighted by molar-refractivity contribution is -0.146. The van der Waals surface area contributed by atoms with Crippen LogP contribution < -0.4 is 0 Å². The number of amides is 2. The molecule has 2 aromatic carbocycles. The molecule has 2 aliphatic carbocycles. The van der Waals surface area contributed by atoms with Crippen LogP contribution in [0.2, 0.25) is 0 Å². The Bertz CT molecular complexity index is 1190. The molecular weight excluding hydrogens is 580 g/mol. The topological polar surface area (TPSA) is 115 Å². The Morgan fingerprint density at radius 1 is 0.543 bits per heavy atom. The fourth-order valence-corrected chi connectivity index (χ4v) is 8.19. The van der Waals surface area contributed by atoms with Crippen molar-refractivity contribution in [1.29, 1.82) is 0 Å². The third-order valence-electron chi connectivity index (χ3n) is 10.8. The van der Waals surface area contributed by atoms with Crippen LogP contribution in [-0.2, 0) is 32.0 Å². The fraction of sp³-hybridized carbons (Fsp3) is 0.579. The van der Waals surface area contributed by atoms with E-state index in [0.29, 0.717) is 36.5 Å². The number of hydrogen-bond donors (Lipinski definition) is 2. The molecule has 6 atom stereocenters. The van der Waals surface area contributed by atoms with Crippen LogP contribution in [0.4, 0.5) is 0 Å². The number of carbonyl (C=O) groups is 4. The first-order chi connectivity index (χ1) is 22.3. The Kier molecular flexibility index (Phi) is 11.9. The van der Waals surface area contributed by atoms with Crippen molar-refractivity contribution < 1.29 is 29.4 Å². The van der Waals surface area contributed by atoms with E-state index in [1.807, 2.05) is 70.5 Å². The van der Waals surface area contributed by atoms with Crippen LogP contribution in [0.15, 0.2) is 60.7 Å². The zero-order valence-electron chi connectivity index (χ0n) is 27.0. The van der Waals surface area contributed by atoms with Crippen LogP contribution >= 0.6 is 0 Å². The predicted octanol–water partition coefficient (Wildman–Crippen LogP) is 5.94. The van der Waals surface area contributed by atoms with E-state index in [-0.39, 0.29) is 24.7 Å². The minimum absolute atomic E-state index is 0.0164. The number of carboxylic acid groups (broad SMARTS) is 2. The summed E-state index contributed by atoms with van der Waals surface area (Å²) in [5.74, 6) is -0.409. The van der Waals surface area contributed by atoms with Gasteiger partial charge in [-0.15, -0.1) is 0 Å². The molecule has 6 rings (SSSR count). The molecule has 0 radical (unpaired) electrons. The second-order valence-corrected chi connectivity index (χ2v) is 14.1. The van der Waals surface area contributed by atoms with Gasteiger partial charge in [-0.1, -0.05) is 86.3 Å². The van der Waals surface area contributed by atoms with Gasteiger partial charge in [-0.25, -0.2) is 0 Å². The lowest BCUT2D eigenvalue weighted by Gasteiger charge is -2.22. The van der Waals surface area contributed by atoms with E-state index in [1.54, 1.807) is 0 Å². The first-order valence-corrected chi connectivity index (χ1v) is 17.4. The smallest absolute Gasteiger partial charge is 0.307 e. The standard InChI is InChI=1S/2C19H25NO3/c2*21-18(20-12-15-8-4-5-9-16(15)13-20)11-17(19(22)23)10-14-6-2-1-3-7-14/h2*1-3,6-7,15-17H,4-5,8-13H2,(H,22,23)/t2*15-,16+,17-/m00/s1. The summed E-state index contributed by atoms with van der Waals surface area (Å²) in [5, 5.41) is 18.9. The number of fused-ring (bicyclic) bond motifs is 2. The summed E-state index contributed by atoms with van der Waals surface area (Å²) in [6.07, 6.45) is 11.1. The molecule has 2 saturated carbocycles. The minimum atomic E-state index is -0.876. The molecule has 4 fully saturated rings. The molecule has 2 amide bonds. The molecule has 2 saturated heterocycles. The quantitative estimate of drug-likeness (QED) is 0.336. The highest BCUT2D eigenvalue weighted by molar-refractivity contribution is 5.83. The maximum absolute atomic E-state index is 12.6. The minimum Gasteiger partial charge on any atom is -0.481 e. The SMILES string of the molecule is O=C(O)[C@H](CC(=O)N1C[C@H]2CCCC[C@H]2C1)Cc1ccccc1.O=C(O)[C@H](CC(=O)N1C[C@H]2CCCC[C@H]2C1)Cc1ccccc1. The molecule has 8 nitrogen and oxygen atoms in total. The van der Waals surface area contributed by atoms with Crippen LogP contribution in [0.3, 0.4) is 0 Å². The van der Waals surface area contributed by atoms with Crippen LogP contribution in [0.1, 0.15) is 75.3 Å². The second-order valence-electron chi connectivity index (χ2n) is 14.1. The molecule has 8 heteroatoms. The molecule has 0 aromatic heterocycles. The van der Waals surface area contributed by atoms with Gasteiger partial charge in [0.05, 0.1) is 11.8 Å². The Hall–Kier alpha value is -3.68. The van der Waals surface area contributed by atoms with Gasteiger partial charge in [-0.2, -0.15) is 0 Å². The van der Waals surface area contributed by atoms with E-state index in [2.05, 4.69) is 0 Å². The van der Waals surface area contributed by atoms with Crippen LogP contribution in [0, 0.1) is 35.5 Å². The summed E-state index contributed by atoms with van der Waals surface area (Å²) < 4.78 is 0. The van der Waals surface area contributed by atoms with E-state index in [1.165, 1.54) is 51.4 Å². The maximum Gasteiger partial charge on any atom is 0.307 e. The summed E-state index contributed by atoms with van der Waals surface area (Å²) in [4.78, 5) is 52.0. The van der Waals surface area contributed by atoms with Crippen molar-refractivity contribution in [3.8, 4) is 0 Å². The first-order valence-electron chi connectivity index (χ1n) is 17.4. The van der Waals surface area contributed by atoms with E-state index >= 15 is 0 Å². The van der Waals surface area contributed by atoms with E-state index in [0.717, 1.165) is 37.3 Å². The van der Waals surface area contributed by atoms with Crippen LogP contribution in [-0.4, -0.2) is 69.9 Å². The Labute approximate surface area is 273 Å². The third-order valence-corrected chi connectivity index (χ3v) is 10.8. The molecule has 2 heterocycles. The molecule has 0 bridgehead atoms. The van der Waals surface area contributed by atoms with Crippen molar-refractivity contribution >= 4 is 23.8 Å². The number of aliphatic carboxylic acids is 2. The largest absolute Gasteiger partial charge is 0.481 e. The molecular formula is C38H50N2O6. The number of hydrogen-bond acceptors (Lipinski definition) is 4. The van der Waals surface area contributed by atoms with Crippen molar-refractivity contribution in [1.82, 2.24) is 9.80 Å². The highest BCUT2D eigenvalue weighted by Gasteiger charge is 2.38. The van der Waals surface area contributed by atoms with Gasteiger partial charge in [0.1, 0.15) is 0 Å². The summed E-state index contributed by atoms with van der Waals surface area (Å²) in [6, 6.07) is 19.1. The summed E-state index contributed by atoms with van der Waals surface area (Å²) in [7, 11) is 0. The fourth-order valence-electron chi connectivity index (χ4n) is 8.19. The van der Waals surface area contributed by atoms with Crippen LogP contribution in [0.25, 0.3) is 0 Å². The molecule has 248 valence electrons. The maximum atomic E-state index is 12.6.